The molecule has 0 aliphatic carbocycles. The Labute approximate surface area is 179 Å². The van der Waals surface area contributed by atoms with Crippen molar-refractivity contribution in [1.82, 2.24) is 9.78 Å². The zero-order valence-corrected chi connectivity index (χ0v) is 17.3. The van der Waals surface area contributed by atoms with Crippen molar-refractivity contribution in [3.63, 3.8) is 0 Å². The number of carbonyl (C=O) groups is 1. The zero-order chi connectivity index (χ0) is 21.7. The Bertz CT molecular complexity index is 1160. The van der Waals surface area contributed by atoms with Crippen LogP contribution in [0.4, 0.5) is 4.39 Å². The fourth-order valence-corrected chi connectivity index (χ4v) is 3.19. The number of hydrogen-bond donors (Lipinski definition) is 0. The summed E-state index contributed by atoms with van der Waals surface area (Å²) in [6, 6.07) is 13.4. The minimum Gasteiger partial charge on any atom is -0.458 e. The predicted octanol–water partition coefficient (Wildman–Crippen LogP) is 4.97. The second kappa shape index (κ2) is 9.38. The van der Waals surface area contributed by atoms with Crippen LogP contribution in [-0.4, -0.2) is 15.7 Å². The summed E-state index contributed by atoms with van der Waals surface area (Å²) in [5.41, 5.74) is 3.84. The summed E-state index contributed by atoms with van der Waals surface area (Å²) in [6.07, 6.45) is 2.91. The fourth-order valence-electron chi connectivity index (χ4n) is 3.00. The number of nitrogens with zero attached hydrogens (tertiary/aromatic N) is 3. The number of benzene rings is 2. The Kier molecular flexibility index (Phi) is 6.65. The van der Waals surface area contributed by atoms with Crippen molar-refractivity contribution in [2.45, 2.75) is 27.0 Å². The number of nitriles is 1. The van der Waals surface area contributed by atoms with Gasteiger partial charge in [-0.3, -0.25) is 4.68 Å². The molecule has 0 atom stereocenters. The van der Waals surface area contributed by atoms with Crippen LogP contribution < -0.4 is 0 Å². The van der Waals surface area contributed by atoms with Crippen molar-refractivity contribution in [2.24, 2.45) is 0 Å². The molecule has 0 aliphatic heterocycles. The number of hydrogen-bond acceptors (Lipinski definition) is 4. The van der Waals surface area contributed by atoms with Crippen LogP contribution in [0, 0.1) is 31.0 Å². The molecule has 0 fully saturated rings. The quantitative estimate of drug-likeness (QED) is 0.414. The van der Waals surface area contributed by atoms with Crippen LogP contribution in [-0.2, 0) is 22.7 Å². The molecular formula is C23H19ClFN3O2. The van der Waals surface area contributed by atoms with E-state index in [4.69, 9.17) is 21.6 Å². The second-order valence-corrected chi connectivity index (χ2v) is 7.10. The van der Waals surface area contributed by atoms with Crippen molar-refractivity contribution >= 4 is 23.6 Å². The van der Waals surface area contributed by atoms with E-state index < -0.39 is 11.8 Å². The molecular weight excluding hydrogens is 405 g/mol. The number of esters is 1. The molecule has 0 unspecified atom stereocenters. The Balaban J connectivity index is 1.69. The van der Waals surface area contributed by atoms with Crippen LogP contribution in [0.2, 0.25) is 5.02 Å². The highest BCUT2D eigenvalue weighted by atomic mass is 35.5. The molecule has 0 aliphatic rings. The van der Waals surface area contributed by atoms with E-state index in [-0.39, 0.29) is 12.2 Å². The maximum atomic E-state index is 13.8. The van der Waals surface area contributed by atoms with E-state index >= 15 is 0 Å². The van der Waals surface area contributed by atoms with Gasteiger partial charge in [-0.1, -0.05) is 29.8 Å². The van der Waals surface area contributed by atoms with E-state index in [0.29, 0.717) is 17.1 Å². The van der Waals surface area contributed by atoms with Crippen LogP contribution in [0.5, 0.6) is 0 Å². The largest absolute Gasteiger partial charge is 0.458 e. The lowest BCUT2D eigenvalue weighted by atomic mass is 10.1. The maximum Gasteiger partial charge on any atom is 0.331 e. The van der Waals surface area contributed by atoms with Gasteiger partial charge >= 0.3 is 5.97 Å². The van der Waals surface area contributed by atoms with Crippen LogP contribution in [0.15, 0.2) is 48.5 Å². The Morgan fingerprint density at radius 3 is 2.77 bits per heavy atom. The van der Waals surface area contributed by atoms with Gasteiger partial charge < -0.3 is 4.74 Å². The van der Waals surface area contributed by atoms with E-state index in [1.54, 1.807) is 6.08 Å². The third-order valence-corrected chi connectivity index (χ3v) is 5.01. The first-order chi connectivity index (χ1) is 14.4. The molecule has 30 heavy (non-hydrogen) atoms. The molecule has 0 amide bonds. The average molecular weight is 424 g/mol. The number of carbonyl (C=O) groups excluding carboxylic acids is 1. The topological polar surface area (TPSA) is 67.9 Å². The van der Waals surface area contributed by atoms with Crippen molar-refractivity contribution in [3.05, 3.63) is 93.0 Å². The molecule has 2 aromatic carbocycles. The number of aromatic nitrogens is 2. The number of rotatable bonds is 6. The van der Waals surface area contributed by atoms with Crippen LogP contribution >= 0.6 is 11.6 Å². The van der Waals surface area contributed by atoms with E-state index in [9.17, 15) is 9.18 Å². The molecule has 0 radical (unpaired) electrons. The molecule has 1 aromatic heterocycles. The van der Waals surface area contributed by atoms with Crippen LogP contribution in [0.1, 0.15) is 33.6 Å². The SMILES string of the molecule is Cc1nn(Cc2ccccc2Cl)c(C)c1/C=C/C(=O)OCc1cc(C#N)ccc1F. The fraction of sp³-hybridized carbons (Fsp3) is 0.174. The minimum absolute atomic E-state index is 0.149. The van der Waals surface area contributed by atoms with Gasteiger partial charge in [0.25, 0.3) is 0 Å². The molecule has 5 nitrogen and oxygen atoms in total. The summed E-state index contributed by atoms with van der Waals surface area (Å²) >= 11 is 6.23. The van der Waals surface area contributed by atoms with Gasteiger partial charge in [0, 0.05) is 27.9 Å². The normalized spacial score (nSPS) is 10.9. The van der Waals surface area contributed by atoms with Crippen molar-refractivity contribution < 1.29 is 13.9 Å². The molecule has 0 spiro atoms. The van der Waals surface area contributed by atoms with Crippen molar-refractivity contribution in [2.75, 3.05) is 0 Å². The molecule has 0 saturated heterocycles. The third kappa shape index (κ3) is 4.94. The van der Waals surface area contributed by atoms with Gasteiger partial charge in [0.1, 0.15) is 12.4 Å². The zero-order valence-electron chi connectivity index (χ0n) is 16.5. The monoisotopic (exact) mass is 423 g/mol. The van der Waals surface area contributed by atoms with Gasteiger partial charge in [-0.25, -0.2) is 9.18 Å². The molecule has 3 rings (SSSR count). The van der Waals surface area contributed by atoms with E-state index in [0.717, 1.165) is 22.5 Å². The number of ether oxygens (including phenoxy) is 1. The highest BCUT2D eigenvalue weighted by Gasteiger charge is 2.12. The smallest absolute Gasteiger partial charge is 0.331 e. The Morgan fingerprint density at radius 2 is 2.03 bits per heavy atom. The number of halogens is 2. The first-order valence-corrected chi connectivity index (χ1v) is 9.57. The van der Waals surface area contributed by atoms with Gasteiger partial charge in [-0.15, -0.1) is 0 Å². The van der Waals surface area contributed by atoms with E-state index in [2.05, 4.69) is 5.10 Å². The highest BCUT2D eigenvalue weighted by molar-refractivity contribution is 6.31. The first kappa shape index (κ1) is 21.3. The van der Waals surface area contributed by atoms with Gasteiger partial charge in [0.05, 0.1) is 23.9 Å². The van der Waals surface area contributed by atoms with Gasteiger partial charge in [-0.2, -0.15) is 10.4 Å². The maximum absolute atomic E-state index is 13.8. The average Bonchev–Trinajstić information content (AvgIpc) is 3.00. The van der Waals surface area contributed by atoms with E-state index in [1.807, 2.05) is 48.9 Å². The summed E-state index contributed by atoms with van der Waals surface area (Å²) in [5.74, 6) is -1.15. The molecule has 3 aromatic rings. The standard InChI is InChI=1S/C23H19ClFN3O2/c1-15-20(16(2)28(27-15)13-18-5-3-4-6-21(18)24)8-10-23(29)30-14-19-11-17(12-26)7-9-22(19)25/h3-11H,13-14H2,1-2H3/b10-8+. The third-order valence-electron chi connectivity index (χ3n) is 4.65. The molecule has 152 valence electrons. The molecule has 0 bridgehead atoms. The van der Waals surface area contributed by atoms with Gasteiger partial charge in [0.2, 0.25) is 0 Å². The highest BCUT2D eigenvalue weighted by Crippen LogP contribution is 2.20. The Hall–Kier alpha value is -3.43. The summed E-state index contributed by atoms with van der Waals surface area (Å²) in [7, 11) is 0. The predicted molar refractivity (Wildman–Crippen MR) is 112 cm³/mol. The minimum atomic E-state index is -0.616. The summed E-state index contributed by atoms with van der Waals surface area (Å²) in [4.78, 5) is 12.1. The van der Waals surface area contributed by atoms with Crippen LogP contribution in [0.25, 0.3) is 6.08 Å². The molecule has 7 heteroatoms. The van der Waals surface area contributed by atoms with Crippen molar-refractivity contribution in [3.8, 4) is 6.07 Å². The molecule has 1 heterocycles. The van der Waals surface area contributed by atoms with Gasteiger partial charge in [-0.05, 0) is 49.8 Å². The lowest BCUT2D eigenvalue weighted by Gasteiger charge is -2.06. The number of aryl methyl sites for hydroxylation is 1. The summed E-state index contributed by atoms with van der Waals surface area (Å²) in [5, 5.41) is 14.1. The van der Waals surface area contributed by atoms with E-state index in [1.165, 1.54) is 24.3 Å². The van der Waals surface area contributed by atoms with Crippen molar-refractivity contribution in [1.29, 1.82) is 5.26 Å². The molecule has 0 saturated carbocycles. The molecule has 0 N–H and O–H groups in total. The Morgan fingerprint density at radius 1 is 1.27 bits per heavy atom. The van der Waals surface area contributed by atoms with Crippen LogP contribution in [0.3, 0.4) is 0 Å². The summed E-state index contributed by atoms with van der Waals surface area (Å²) < 4.78 is 20.7. The van der Waals surface area contributed by atoms with Gasteiger partial charge in [0.15, 0.2) is 0 Å². The summed E-state index contributed by atoms with van der Waals surface area (Å²) in [6.45, 7) is 4.02. The first-order valence-electron chi connectivity index (χ1n) is 9.20. The lowest BCUT2D eigenvalue weighted by Crippen LogP contribution is -2.04. The second-order valence-electron chi connectivity index (χ2n) is 6.69. The lowest BCUT2D eigenvalue weighted by molar-refractivity contribution is -0.138.